The molecule has 0 bridgehead atoms. The number of hydrogen-bond acceptors (Lipinski definition) is 5. The Hall–Kier alpha value is -3.12. The number of aryl methyl sites for hydroxylation is 1. The molecule has 3 rings (SSSR count). The molecule has 1 saturated heterocycles. The van der Waals surface area contributed by atoms with Gasteiger partial charge in [-0.2, -0.15) is 0 Å². The van der Waals surface area contributed by atoms with Crippen molar-refractivity contribution >= 4 is 17.4 Å². The summed E-state index contributed by atoms with van der Waals surface area (Å²) in [7, 11) is 5.37. The Labute approximate surface area is 177 Å². The minimum Gasteiger partial charge on any atom is -0.507 e. The highest BCUT2D eigenvalue weighted by atomic mass is 16.5. The first-order chi connectivity index (χ1) is 14.4. The largest absolute Gasteiger partial charge is 0.507 e. The minimum atomic E-state index is -0.668. The number of aliphatic hydroxyl groups excluding tert-OH is 1. The van der Waals surface area contributed by atoms with E-state index in [2.05, 4.69) is 6.92 Å². The molecule has 1 heterocycles. The molecular formula is C24H28N2O4. The number of rotatable bonds is 7. The van der Waals surface area contributed by atoms with E-state index in [0.29, 0.717) is 24.4 Å². The predicted octanol–water partition coefficient (Wildman–Crippen LogP) is 3.24. The van der Waals surface area contributed by atoms with Crippen LogP contribution in [0.2, 0.25) is 0 Å². The van der Waals surface area contributed by atoms with Crippen LogP contribution in [0.5, 0.6) is 5.75 Å². The van der Waals surface area contributed by atoms with Gasteiger partial charge in [-0.15, -0.1) is 0 Å². The Balaban J connectivity index is 2.13. The molecule has 1 fully saturated rings. The molecule has 2 aromatic rings. The second kappa shape index (κ2) is 9.13. The van der Waals surface area contributed by atoms with Crippen LogP contribution >= 0.6 is 0 Å². The van der Waals surface area contributed by atoms with Gasteiger partial charge < -0.3 is 19.6 Å². The number of ketones is 1. The molecular weight excluding hydrogens is 380 g/mol. The molecule has 0 aromatic heterocycles. The van der Waals surface area contributed by atoms with Crippen molar-refractivity contribution < 1.29 is 19.4 Å². The van der Waals surface area contributed by atoms with Crippen LogP contribution in [0, 0.1) is 0 Å². The first-order valence-electron chi connectivity index (χ1n) is 10.0. The molecule has 1 amide bonds. The summed E-state index contributed by atoms with van der Waals surface area (Å²) in [6.07, 6.45) is 0.894. The summed E-state index contributed by atoms with van der Waals surface area (Å²) in [5, 5.41) is 11.1. The molecule has 2 aromatic carbocycles. The molecule has 1 N–H and O–H groups in total. The Kier molecular flexibility index (Phi) is 6.57. The number of hydrogen-bond donors (Lipinski definition) is 1. The van der Waals surface area contributed by atoms with Gasteiger partial charge in [0.2, 0.25) is 0 Å². The van der Waals surface area contributed by atoms with Crippen molar-refractivity contribution in [3.8, 4) is 5.75 Å². The van der Waals surface area contributed by atoms with Crippen LogP contribution in [-0.2, 0) is 16.0 Å². The SMILES string of the molecule is CCc1ccc(C2/C(=C(\O)c3cccc(OC)c3)C(=O)C(=O)N2CCN(C)C)cc1. The molecule has 6 nitrogen and oxygen atoms in total. The number of ether oxygens (including phenoxy) is 1. The van der Waals surface area contributed by atoms with E-state index in [1.807, 2.05) is 43.3 Å². The van der Waals surface area contributed by atoms with E-state index in [1.54, 1.807) is 29.2 Å². The Bertz CT molecular complexity index is 963. The third-order valence-electron chi connectivity index (χ3n) is 5.37. The van der Waals surface area contributed by atoms with Crippen LogP contribution in [-0.4, -0.2) is 60.9 Å². The number of aliphatic hydroxyl groups is 1. The van der Waals surface area contributed by atoms with Crippen molar-refractivity contribution in [1.29, 1.82) is 0 Å². The zero-order valence-corrected chi connectivity index (χ0v) is 17.9. The minimum absolute atomic E-state index is 0.108. The van der Waals surface area contributed by atoms with Gasteiger partial charge in [-0.3, -0.25) is 9.59 Å². The third-order valence-corrected chi connectivity index (χ3v) is 5.37. The fraction of sp³-hybridized carbons (Fsp3) is 0.333. The quantitative estimate of drug-likeness (QED) is 0.433. The highest BCUT2D eigenvalue weighted by molar-refractivity contribution is 6.46. The monoisotopic (exact) mass is 408 g/mol. The van der Waals surface area contributed by atoms with Gasteiger partial charge in [0.05, 0.1) is 18.7 Å². The number of carbonyl (C=O) groups is 2. The number of nitrogens with zero attached hydrogens (tertiary/aromatic N) is 2. The number of likely N-dealkylation sites (N-methyl/N-ethyl adjacent to an activating group) is 1. The van der Waals surface area contributed by atoms with Crippen molar-refractivity contribution in [2.45, 2.75) is 19.4 Å². The average Bonchev–Trinajstić information content (AvgIpc) is 3.02. The lowest BCUT2D eigenvalue weighted by atomic mass is 9.94. The van der Waals surface area contributed by atoms with Crippen LogP contribution in [0.1, 0.15) is 29.7 Å². The topological polar surface area (TPSA) is 70.1 Å². The first-order valence-corrected chi connectivity index (χ1v) is 10.0. The second-order valence-corrected chi connectivity index (χ2v) is 7.62. The van der Waals surface area contributed by atoms with Gasteiger partial charge in [-0.25, -0.2) is 0 Å². The van der Waals surface area contributed by atoms with Crippen LogP contribution in [0.4, 0.5) is 0 Å². The summed E-state index contributed by atoms with van der Waals surface area (Å²) < 4.78 is 5.24. The van der Waals surface area contributed by atoms with Crippen LogP contribution in [0.25, 0.3) is 5.76 Å². The smallest absolute Gasteiger partial charge is 0.295 e. The number of benzene rings is 2. The third kappa shape index (κ3) is 4.24. The lowest BCUT2D eigenvalue weighted by Gasteiger charge is -2.26. The zero-order chi connectivity index (χ0) is 21.8. The number of likely N-dealkylation sites (tertiary alicyclic amines) is 1. The molecule has 1 aliphatic heterocycles. The summed E-state index contributed by atoms with van der Waals surface area (Å²) in [6, 6.07) is 14.0. The van der Waals surface area contributed by atoms with Gasteiger partial charge in [-0.1, -0.05) is 43.3 Å². The van der Waals surface area contributed by atoms with Gasteiger partial charge in [0.1, 0.15) is 11.5 Å². The Morgan fingerprint density at radius 1 is 1.13 bits per heavy atom. The molecule has 0 saturated carbocycles. The van der Waals surface area contributed by atoms with Crippen LogP contribution in [0.3, 0.4) is 0 Å². The standard InChI is InChI=1S/C24H28N2O4/c1-5-16-9-11-17(12-10-16)21-20(22(27)18-7-6-8-19(15-18)30-4)23(28)24(29)26(21)14-13-25(2)3/h6-12,15,21,27H,5,13-14H2,1-4H3/b22-20+. The maximum atomic E-state index is 13.0. The summed E-state index contributed by atoms with van der Waals surface area (Å²) in [6.45, 7) is 3.06. The molecule has 30 heavy (non-hydrogen) atoms. The number of methoxy groups -OCH3 is 1. The van der Waals surface area contributed by atoms with E-state index in [4.69, 9.17) is 4.74 Å². The first kappa shape index (κ1) is 21.6. The molecule has 1 aliphatic rings. The summed E-state index contributed by atoms with van der Waals surface area (Å²) >= 11 is 0. The lowest BCUT2D eigenvalue weighted by Crippen LogP contribution is -2.35. The van der Waals surface area contributed by atoms with Gasteiger partial charge in [0.25, 0.3) is 11.7 Å². The van der Waals surface area contributed by atoms with Gasteiger partial charge in [0, 0.05) is 18.7 Å². The fourth-order valence-corrected chi connectivity index (χ4v) is 3.63. The summed E-state index contributed by atoms with van der Waals surface area (Å²) in [5.41, 5.74) is 2.51. The van der Waals surface area contributed by atoms with Gasteiger partial charge >= 0.3 is 0 Å². The second-order valence-electron chi connectivity index (χ2n) is 7.62. The van der Waals surface area contributed by atoms with Crippen molar-refractivity contribution in [2.75, 3.05) is 34.3 Å². The van der Waals surface area contributed by atoms with Gasteiger partial charge in [0.15, 0.2) is 0 Å². The van der Waals surface area contributed by atoms with Crippen molar-refractivity contribution in [3.05, 3.63) is 70.8 Å². The van der Waals surface area contributed by atoms with Crippen LogP contribution < -0.4 is 4.74 Å². The van der Waals surface area contributed by atoms with E-state index in [0.717, 1.165) is 17.5 Å². The fourth-order valence-electron chi connectivity index (χ4n) is 3.63. The molecule has 0 radical (unpaired) electrons. The molecule has 1 unspecified atom stereocenters. The predicted molar refractivity (Wildman–Crippen MR) is 116 cm³/mol. The van der Waals surface area contributed by atoms with E-state index in [-0.39, 0.29) is 11.3 Å². The van der Waals surface area contributed by atoms with E-state index in [1.165, 1.54) is 7.11 Å². The zero-order valence-electron chi connectivity index (χ0n) is 17.9. The average molecular weight is 408 g/mol. The molecule has 0 spiro atoms. The highest BCUT2D eigenvalue weighted by Gasteiger charge is 2.45. The molecule has 158 valence electrons. The number of amides is 1. The maximum Gasteiger partial charge on any atom is 0.295 e. The summed E-state index contributed by atoms with van der Waals surface area (Å²) in [4.78, 5) is 29.4. The number of carbonyl (C=O) groups excluding carboxylic acids is 2. The Morgan fingerprint density at radius 3 is 2.43 bits per heavy atom. The molecule has 0 aliphatic carbocycles. The molecule has 1 atom stereocenters. The summed E-state index contributed by atoms with van der Waals surface area (Å²) in [5.74, 6) is -0.890. The van der Waals surface area contributed by atoms with Gasteiger partial charge in [-0.05, 0) is 43.8 Å². The van der Waals surface area contributed by atoms with Crippen molar-refractivity contribution in [2.24, 2.45) is 0 Å². The normalized spacial score (nSPS) is 18.3. The highest BCUT2D eigenvalue weighted by Crippen LogP contribution is 2.39. The van der Waals surface area contributed by atoms with Crippen LogP contribution in [0.15, 0.2) is 54.1 Å². The molecule has 6 heteroatoms. The number of Topliss-reactive ketones (excluding diaryl/α,β-unsaturated/α-hetero) is 1. The van der Waals surface area contributed by atoms with Crippen molar-refractivity contribution in [1.82, 2.24) is 9.80 Å². The van der Waals surface area contributed by atoms with E-state index in [9.17, 15) is 14.7 Å². The lowest BCUT2D eigenvalue weighted by molar-refractivity contribution is -0.140. The van der Waals surface area contributed by atoms with E-state index < -0.39 is 17.7 Å². The van der Waals surface area contributed by atoms with Crippen molar-refractivity contribution in [3.63, 3.8) is 0 Å². The Morgan fingerprint density at radius 2 is 1.83 bits per heavy atom. The maximum absolute atomic E-state index is 13.0. The van der Waals surface area contributed by atoms with E-state index >= 15 is 0 Å².